The van der Waals surface area contributed by atoms with Crippen LogP contribution in [0.25, 0.3) is 0 Å². The summed E-state index contributed by atoms with van der Waals surface area (Å²) in [6.45, 7) is 2.35. The first-order chi connectivity index (χ1) is 9.56. The molecule has 0 spiro atoms. The van der Waals surface area contributed by atoms with E-state index in [0.717, 1.165) is 37.8 Å². The Labute approximate surface area is 118 Å². The maximum atomic E-state index is 11.7. The van der Waals surface area contributed by atoms with Crippen LogP contribution in [0.15, 0.2) is 24.3 Å². The van der Waals surface area contributed by atoms with Crippen molar-refractivity contribution < 1.29 is 24.9 Å². The van der Waals surface area contributed by atoms with Gasteiger partial charge in [0.2, 0.25) is 0 Å². The Morgan fingerprint density at radius 3 is 2.40 bits per heavy atom. The molecule has 0 saturated carbocycles. The van der Waals surface area contributed by atoms with Crippen LogP contribution >= 0.6 is 0 Å². The Morgan fingerprint density at radius 1 is 1.15 bits per heavy atom. The van der Waals surface area contributed by atoms with E-state index in [1.807, 2.05) is 0 Å². The van der Waals surface area contributed by atoms with E-state index >= 15 is 0 Å². The number of unbranched alkanes of at least 4 members (excludes halogenated alkanes) is 2. The molecule has 0 aliphatic carbocycles. The molecule has 1 aromatic carbocycles. The van der Waals surface area contributed by atoms with Crippen molar-refractivity contribution >= 4 is 5.97 Å². The summed E-state index contributed by atoms with van der Waals surface area (Å²) in [5.74, 6) is -2.40. The van der Waals surface area contributed by atoms with Crippen molar-refractivity contribution in [2.45, 2.75) is 32.6 Å². The fourth-order valence-corrected chi connectivity index (χ4v) is 1.62. The minimum Gasteiger partial charge on any atom is -0.504 e. The molecule has 0 aliphatic heterocycles. The summed E-state index contributed by atoms with van der Waals surface area (Å²) in [6.07, 6.45) is 7.83. The van der Waals surface area contributed by atoms with Crippen LogP contribution in [0.5, 0.6) is 17.2 Å². The Balaban J connectivity index is 2.38. The molecule has 0 bridgehead atoms. The van der Waals surface area contributed by atoms with Crippen molar-refractivity contribution in [2.24, 2.45) is 0 Å². The Morgan fingerprint density at radius 2 is 1.80 bits per heavy atom. The Bertz CT molecular complexity index is 456. The summed E-state index contributed by atoms with van der Waals surface area (Å²) in [5.41, 5.74) is 0.00341. The molecule has 0 radical (unpaired) electrons. The van der Waals surface area contributed by atoms with E-state index in [1.165, 1.54) is 0 Å². The third kappa shape index (κ3) is 4.84. The molecule has 3 N–H and O–H groups in total. The zero-order valence-electron chi connectivity index (χ0n) is 11.5. The van der Waals surface area contributed by atoms with E-state index < -0.39 is 23.2 Å². The van der Waals surface area contributed by atoms with Gasteiger partial charge in [0.1, 0.15) is 0 Å². The first-order valence-electron chi connectivity index (χ1n) is 6.63. The third-order valence-corrected chi connectivity index (χ3v) is 2.71. The smallest absolute Gasteiger partial charge is 0.338 e. The first-order valence-corrected chi connectivity index (χ1v) is 6.63. The molecular formula is C15H20O5. The van der Waals surface area contributed by atoms with E-state index in [2.05, 4.69) is 19.1 Å². The average Bonchev–Trinajstić information content (AvgIpc) is 2.43. The van der Waals surface area contributed by atoms with Crippen molar-refractivity contribution in [3.8, 4) is 17.2 Å². The van der Waals surface area contributed by atoms with E-state index in [1.54, 1.807) is 0 Å². The van der Waals surface area contributed by atoms with Crippen molar-refractivity contribution in [3.63, 3.8) is 0 Å². The lowest BCUT2D eigenvalue weighted by atomic mass is 10.2. The SMILES string of the molecule is CCC=CCCCCOC(=O)c1cc(O)c(O)c(O)c1. The minimum atomic E-state index is -0.649. The van der Waals surface area contributed by atoms with Gasteiger partial charge in [0.25, 0.3) is 0 Å². The van der Waals surface area contributed by atoms with Gasteiger partial charge in [-0.3, -0.25) is 0 Å². The highest BCUT2D eigenvalue weighted by atomic mass is 16.5. The van der Waals surface area contributed by atoms with Gasteiger partial charge < -0.3 is 20.1 Å². The average molecular weight is 280 g/mol. The predicted molar refractivity (Wildman–Crippen MR) is 75.0 cm³/mol. The van der Waals surface area contributed by atoms with E-state index in [9.17, 15) is 20.1 Å². The predicted octanol–water partition coefficient (Wildman–Crippen LogP) is 3.10. The lowest BCUT2D eigenvalue weighted by Gasteiger charge is -2.06. The normalized spacial score (nSPS) is 10.8. The van der Waals surface area contributed by atoms with Gasteiger partial charge in [-0.15, -0.1) is 0 Å². The van der Waals surface area contributed by atoms with Gasteiger partial charge in [-0.05, 0) is 37.8 Å². The lowest BCUT2D eigenvalue weighted by molar-refractivity contribution is 0.0497. The third-order valence-electron chi connectivity index (χ3n) is 2.71. The number of carbonyl (C=O) groups is 1. The standard InChI is InChI=1S/C15H20O5/c1-2-3-4-5-6-7-8-20-15(19)11-9-12(16)14(18)13(17)10-11/h3-4,9-10,16-18H,2,5-8H2,1H3. The lowest BCUT2D eigenvalue weighted by Crippen LogP contribution is -2.06. The van der Waals surface area contributed by atoms with Gasteiger partial charge in [0, 0.05) is 0 Å². The molecule has 0 atom stereocenters. The van der Waals surface area contributed by atoms with E-state index in [4.69, 9.17) is 4.74 Å². The van der Waals surface area contributed by atoms with Crippen molar-refractivity contribution in [1.82, 2.24) is 0 Å². The van der Waals surface area contributed by atoms with Crippen LogP contribution < -0.4 is 0 Å². The fourth-order valence-electron chi connectivity index (χ4n) is 1.62. The van der Waals surface area contributed by atoms with Crippen molar-refractivity contribution in [1.29, 1.82) is 0 Å². The molecule has 110 valence electrons. The second kappa shape index (κ2) is 8.09. The maximum Gasteiger partial charge on any atom is 0.338 e. The van der Waals surface area contributed by atoms with Gasteiger partial charge >= 0.3 is 5.97 Å². The van der Waals surface area contributed by atoms with Crippen LogP contribution in [-0.2, 0) is 4.74 Å². The molecule has 1 aromatic rings. The molecule has 0 fully saturated rings. The molecule has 0 aliphatic rings. The number of allylic oxidation sites excluding steroid dienone is 2. The van der Waals surface area contributed by atoms with Crippen LogP contribution in [0.2, 0.25) is 0 Å². The van der Waals surface area contributed by atoms with Crippen LogP contribution in [0, 0.1) is 0 Å². The highest BCUT2D eigenvalue weighted by molar-refractivity contribution is 5.91. The quantitative estimate of drug-likeness (QED) is 0.309. The fraction of sp³-hybridized carbons (Fsp3) is 0.400. The number of esters is 1. The highest BCUT2D eigenvalue weighted by Gasteiger charge is 2.14. The molecule has 0 unspecified atom stereocenters. The highest BCUT2D eigenvalue weighted by Crippen LogP contribution is 2.35. The second-order valence-corrected chi connectivity index (χ2v) is 4.37. The molecule has 5 nitrogen and oxygen atoms in total. The molecule has 0 heterocycles. The zero-order chi connectivity index (χ0) is 15.0. The molecule has 0 amide bonds. The molecule has 5 heteroatoms. The molecular weight excluding hydrogens is 260 g/mol. The number of benzene rings is 1. The number of carbonyl (C=O) groups excluding carboxylic acids is 1. The van der Waals surface area contributed by atoms with E-state index in [-0.39, 0.29) is 12.2 Å². The van der Waals surface area contributed by atoms with Crippen molar-refractivity contribution in [3.05, 3.63) is 29.8 Å². The number of aromatic hydroxyl groups is 3. The molecule has 0 saturated heterocycles. The summed E-state index contributed by atoms with van der Waals surface area (Å²) >= 11 is 0. The second-order valence-electron chi connectivity index (χ2n) is 4.37. The van der Waals surface area contributed by atoms with Gasteiger partial charge in [-0.1, -0.05) is 19.1 Å². The monoisotopic (exact) mass is 280 g/mol. The number of phenols is 3. The first kappa shape index (κ1) is 15.9. The molecule has 20 heavy (non-hydrogen) atoms. The minimum absolute atomic E-state index is 0.00341. The number of phenolic OH excluding ortho intramolecular Hbond substituents is 3. The van der Waals surface area contributed by atoms with Gasteiger partial charge in [-0.2, -0.15) is 0 Å². The Hall–Kier alpha value is -2.17. The summed E-state index contributed by atoms with van der Waals surface area (Å²) in [4.78, 5) is 11.7. The van der Waals surface area contributed by atoms with E-state index in [0.29, 0.717) is 0 Å². The van der Waals surface area contributed by atoms with Crippen LogP contribution in [-0.4, -0.2) is 27.9 Å². The Kier molecular flexibility index (Phi) is 6.43. The van der Waals surface area contributed by atoms with Gasteiger partial charge in [0.15, 0.2) is 17.2 Å². The maximum absolute atomic E-state index is 11.7. The molecule has 1 rings (SSSR count). The largest absolute Gasteiger partial charge is 0.504 e. The summed E-state index contributed by atoms with van der Waals surface area (Å²) in [7, 11) is 0. The van der Waals surface area contributed by atoms with Crippen LogP contribution in [0.4, 0.5) is 0 Å². The van der Waals surface area contributed by atoms with Gasteiger partial charge in [-0.25, -0.2) is 4.79 Å². The number of hydrogen-bond acceptors (Lipinski definition) is 5. The number of rotatable bonds is 7. The zero-order valence-corrected chi connectivity index (χ0v) is 11.5. The summed E-state index contributed by atoms with van der Waals surface area (Å²) in [5, 5.41) is 27.8. The summed E-state index contributed by atoms with van der Waals surface area (Å²) < 4.78 is 5.02. The van der Waals surface area contributed by atoms with Crippen LogP contribution in [0.1, 0.15) is 43.0 Å². The van der Waals surface area contributed by atoms with Gasteiger partial charge in [0.05, 0.1) is 12.2 Å². The van der Waals surface area contributed by atoms with Crippen LogP contribution in [0.3, 0.4) is 0 Å². The number of hydrogen-bond donors (Lipinski definition) is 3. The summed E-state index contributed by atoms with van der Waals surface area (Å²) in [6, 6.07) is 2.11. The van der Waals surface area contributed by atoms with Crippen molar-refractivity contribution in [2.75, 3.05) is 6.61 Å². The molecule has 0 aromatic heterocycles. The number of ether oxygens (including phenoxy) is 1. The topological polar surface area (TPSA) is 87.0 Å².